The number of hydrogen-bond acceptors (Lipinski definition) is 4. The Morgan fingerprint density at radius 1 is 1.30 bits per heavy atom. The molecule has 2 heterocycles. The number of imidazole rings is 1. The maximum absolute atomic E-state index is 11.1. The van der Waals surface area contributed by atoms with Gasteiger partial charge in [0.2, 0.25) is 0 Å². The van der Waals surface area contributed by atoms with Crippen LogP contribution in [0.3, 0.4) is 0 Å². The summed E-state index contributed by atoms with van der Waals surface area (Å²) in [5.74, 6) is 0.631. The third kappa shape index (κ3) is 4.26. The van der Waals surface area contributed by atoms with Gasteiger partial charge >= 0.3 is 0 Å². The summed E-state index contributed by atoms with van der Waals surface area (Å²) in [6.07, 6.45) is 3.38. The minimum atomic E-state index is -0.872. The molecule has 0 spiro atoms. The summed E-state index contributed by atoms with van der Waals surface area (Å²) >= 11 is 6.21. The van der Waals surface area contributed by atoms with Crippen molar-refractivity contribution in [2.75, 3.05) is 19.7 Å². The Morgan fingerprint density at radius 3 is 3.07 bits per heavy atom. The number of rotatable bonds is 5. The SMILES string of the molecule is Cc1ccc(Cl)c(OC[C@@]2(O)CCCN(Cc3ccc4nc[nH]c4c3)C2)c1. The predicted molar refractivity (Wildman–Crippen MR) is 107 cm³/mol. The number of piperidine rings is 1. The smallest absolute Gasteiger partial charge is 0.138 e. The van der Waals surface area contributed by atoms with E-state index in [1.807, 2.05) is 31.2 Å². The van der Waals surface area contributed by atoms with Gasteiger partial charge in [-0.05, 0) is 61.7 Å². The second-order valence-corrected chi connectivity index (χ2v) is 7.92. The summed E-state index contributed by atoms with van der Waals surface area (Å²) in [7, 11) is 0. The van der Waals surface area contributed by atoms with E-state index in [0.717, 1.165) is 42.5 Å². The summed E-state index contributed by atoms with van der Waals surface area (Å²) < 4.78 is 5.88. The molecule has 0 amide bonds. The molecule has 1 aliphatic heterocycles. The van der Waals surface area contributed by atoms with Gasteiger partial charge in [-0.2, -0.15) is 0 Å². The molecule has 2 N–H and O–H groups in total. The van der Waals surface area contributed by atoms with E-state index in [4.69, 9.17) is 16.3 Å². The summed E-state index contributed by atoms with van der Waals surface area (Å²) in [5, 5.41) is 11.6. The molecule has 0 unspecified atom stereocenters. The number of aromatic nitrogens is 2. The number of aliphatic hydroxyl groups is 1. The van der Waals surface area contributed by atoms with Crippen molar-refractivity contribution in [1.82, 2.24) is 14.9 Å². The quantitative estimate of drug-likeness (QED) is 0.698. The lowest BCUT2D eigenvalue weighted by molar-refractivity contribution is -0.0620. The van der Waals surface area contributed by atoms with Gasteiger partial charge < -0.3 is 14.8 Å². The number of nitrogens with one attached hydrogen (secondary N) is 1. The highest BCUT2D eigenvalue weighted by Gasteiger charge is 2.34. The minimum absolute atomic E-state index is 0.242. The van der Waals surface area contributed by atoms with Crippen LogP contribution in [0.5, 0.6) is 5.75 Å². The molecule has 5 nitrogen and oxygen atoms in total. The van der Waals surface area contributed by atoms with Gasteiger partial charge in [-0.1, -0.05) is 23.7 Å². The topological polar surface area (TPSA) is 61.4 Å². The second-order valence-electron chi connectivity index (χ2n) is 7.52. The highest BCUT2D eigenvalue weighted by atomic mass is 35.5. The average molecular weight is 386 g/mol. The largest absolute Gasteiger partial charge is 0.489 e. The number of benzene rings is 2. The van der Waals surface area contributed by atoms with Crippen molar-refractivity contribution in [2.24, 2.45) is 0 Å². The second kappa shape index (κ2) is 7.50. The summed E-state index contributed by atoms with van der Waals surface area (Å²) in [4.78, 5) is 9.69. The van der Waals surface area contributed by atoms with Crippen LogP contribution >= 0.6 is 11.6 Å². The Balaban J connectivity index is 1.41. The molecule has 0 aliphatic carbocycles. The van der Waals surface area contributed by atoms with Crippen LogP contribution in [0.25, 0.3) is 11.0 Å². The molecule has 1 fully saturated rings. The number of hydrogen-bond donors (Lipinski definition) is 2. The van der Waals surface area contributed by atoms with Crippen molar-refractivity contribution in [1.29, 1.82) is 0 Å². The Labute approximate surface area is 163 Å². The number of nitrogens with zero attached hydrogens (tertiary/aromatic N) is 2. The Hall–Kier alpha value is -2.08. The van der Waals surface area contributed by atoms with E-state index < -0.39 is 5.60 Å². The zero-order valence-corrected chi connectivity index (χ0v) is 16.2. The van der Waals surface area contributed by atoms with E-state index in [0.29, 0.717) is 17.3 Å². The van der Waals surface area contributed by atoms with E-state index >= 15 is 0 Å². The molecule has 1 saturated heterocycles. The zero-order chi connectivity index (χ0) is 18.9. The fourth-order valence-electron chi connectivity index (χ4n) is 3.73. The zero-order valence-electron chi connectivity index (χ0n) is 15.4. The molecule has 0 saturated carbocycles. The van der Waals surface area contributed by atoms with Crippen molar-refractivity contribution in [3.8, 4) is 5.75 Å². The average Bonchev–Trinajstić information content (AvgIpc) is 3.10. The molecule has 142 valence electrons. The third-order valence-electron chi connectivity index (χ3n) is 5.11. The number of likely N-dealkylation sites (tertiary alicyclic amines) is 1. The first-order valence-corrected chi connectivity index (χ1v) is 9.64. The van der Waals surface area contributed by atoms with E-state index in [9.17, 15) is 5.11 Å². The molecule has 27 heavy (non-hydrogen) atoms. The number of fused-ring (bicyclic) bond motifs is 1. The van der Waals surface area contributed by atoms with Gasteiger partial charge in [-0.3, -0.25) is 4.90 Å². The van der Waals surface area contributed by atoms with Crippen LogP contribution in [0.2, 0.25) is 5.02 Å². The molecular formula is C21H24ClN3O2. The number of aromatic amines is 1. The fourth-order valence-corrected chi connectivity index (χ4v) is 3.90. The molecule has 1 aliphatic rings. The van der Waals surface area contributed by atoms with Crippen LogP contribution in [0, 0.1) is 6.92 Å². The van der Waals surface area contributed by atoms with Crippen LogP contribution in [-0.4, -0.2) is 45.3 Å². The molecular weight excluding hydrogens is 362 g/mol. The standard InChI is InChI=1S/C21H24ClN3O2/c1-15-3-5-17(22)20(9-15)27-13-21(26)7-2-8-25(12-21)11-16-4-6-18-19(10-16)24-14-23-18/h3-6,9-10,14,26H,2,7-8,11-13H2,1H3,(H,23,24)/t21-/m1/s1. The van der Waals surface area contributed by atoms with Crippen molar-refractivity contribution in [2.45, 2.75) is 31.9 Å². The van der Waals surface area contributed by atoms with E-state index in [2.05, 4.69) is 27.0 Å². The minimum Gasteiger partial charge on any atom is -0.489 e. The van der Waals surface area contributed by atoms with Crippen LogP contribution in [0.4, 0.5) is 0 Å². The summed E-state index contributed by atoms with van der Waals surface area (Å²) in [6, 6.07) is 11.9. The first-order chi connectivity index (χ1) is 13.0. The van der Waals surface area contributed by atoms with Gasteiger partial charge in [0, 0.05) is 13.1 Å². The van der Waals surface area contributed by atoms with E-state index in [-0.39, 0.29) is 6.61 Å². The van der Waals surface area contributed by atoms with Crippen molar-refractivity contribution < 1.29 is 9.84 Å². The number of ether oxygens (including phenoxy) is 1. The van der Waals surface area contributed by atoms with Gasteiger partial charge in [0.15, 0.2) is 0 Å². The predicted octanol–water partition coefficient (Wildman–Crippen LogP) is 3.93. The van der Waals surface area contributed by atoms with Crippen molar-refractivity contribution in [3.05, 3.63) is 58.9 Å². The Bertz CT molecular complexity index is 942. The van der Waals surface area contributed by atoms with Gasteiger partial charge in [-0.15, -0.1) is 0 Å². The fraction of sp³-hybridized carbons (Fsp3) is 0.381. The molecule has 6 heteroatoms. The molecule has 3 aromatic rings. The lowest BCUT2D eigenvalue weighted by Crippen LogP contribution is -2.51. The lowest BCUT2D eigenvalue weighted by Gasteiger charge is -2.39. The third-order valence-corrected chi connectivity index (χ3v) is 5.42. The molecule has 0 bridgehead atoms. The first-order valence-electron chi connectivity index (χ1n) is 9.26. The Kier molecular flexibility index (Phi) is 5.08. The molecule has 1 aromatic heterocycles. The molecule has 4 rings (SSSR count). The van der Waals surface area contributed by atoms with Crippen LogP contribution in [0.15, 0.2) is 42.7 Å². The molecule has 0 radical (unpaired) electrons. The van der Waals surface area contributed by atoms with E-state index in [1.54, 1.807) is 6.33 Å². The summed E-state index contributed by atoms with van der Waals surface area (Å²) in [6.45, 7) is 4.58. The van der Waals surface area contributed by atoms with Gasteiger partial charge in [-0.25, -0.2) is 4.98 Å². The number of halogens is 1. The van der Waals surface area contributed by atoms with Crippen molar-refractivity contribution >= 4 is 22.6 Å². The van der Waals surface area contributed by atoms with Crippen LogP contribution in [-0.2, 0) is 6.54 Å². The summed E-state index contributed by atoms with van der Waals surface area (Å²) in [5.41, 5.74) is 3.43. The number of aryl methyl sites for hydroxylation is 1. The molecule has 2 aromatic carbocycles. The van der Waals surface area contributed by atoms with E-state index in [1.165, 1.54) is 5.56 Å². The maximum Gasteiger partial charge on any atom is 0.138 e. The Morgan fingerprint density at radius 2 is 2.19 bits per heavy atom. The van der Waals surface area contributed by atoms with Crippen molar-refractivity contribution in [3.63, 3.8) is 0 Å². The first kappa shape index (κ1) is 18.3. The van der Waals surface area contributed by atoms with Gasteiger partial charge in [0.1, 0.15) is 18.0 Å². The van der Waals surface area contributed by atoms with Crippen LogP contribution in [0.1, 0.15) is 24.0 Å². The van der Waals surface area contributed by atoms with Gasteiger partial charge in [0.05, 0.1) is 22.4 Å². The highest BCUT2D eigenvalue weighted by Crippen LogP contribution is 2.29. The normalized spacial score (nSPS) is 20.9. The van der Waals surface area contributed by atoms with Crippen LogP contribution < -0.4 is 4.74 Å². The molecule has 1 atom stereocenters. The number of β-amino-alcohol motifs (C(OH)–C–C–N with tert-alkyl or cyclic N) is 1. The highest BCUT2D eigenvalue weighted by molar-refractivity contribution is 6.32. The monoisotopic (exact) mass is 385 g/mol. The lowest BCUT2D eigenvalue weighted by atomic mass is 9.93. The number of H-pyrrole nitrogens is 1. The van der Waals surface area contributed by atoms with Gasteiger partial charge in [0.25, 0.3) is 0 Å². The maximum atomic E-state index is 11.1.